The van der Waals surface area contributed by atoms with Gasteiger partial charge in [-0.2, -0.15) is 0 Å². The number of sulfone groups is 1. The number of aromatic nitrogens is 2. The van der Waals surface area contributed by atoms with Crippen LogP contribution in [0.5, 0.6) is 0 Å². The van der Waals surface area contributed by atoms with Crippen LogP contribution in [-0.4, -0.2) is 24.2 Å². The summed E-state index contributed by atoms with van der Waals surface area (Å²) >= 11 is 0. The van der Waals surface area contributed by atoms with Crippen molar-refractivity contribution in [1.29, 1.82) is 0 Å². The van der Waals surface area contributed by atoms with Crippen LogP contribution in [0.1, 0.15) is 20.3 Å². The molecule has 6 heteroatoms. The van der Waals surface area contributed by atoms with E-state index in [2.05, 4.69) is 18.8 Å². The SMILES string of the molecule is CC1(C)CC1Cn1c(N)nc2c(S(C)(=O)=O)cccc21. The summed E-state index contributed by atoms with van der Waals surface area (Å²) in [7, 11) is -3.30. The van der Waals surface area contributed by atoms with Gasteiger partial charge in [-0.1, -0.05) is 19.9 Å². The zero-order chi connectivity index (χ0) is 14.7. The van der Waals surface area contributed by atoms with Crippen LogP contribution >= 0.6 is 0 Å². The fraction of sp³-hybridized carbons (Fsp3) is 0.500. The predicted octanol–water partition coefficient (Wildman–Crippen LogP) is 2.07. The molecule has 0 saturated heterocycles. The van der Waals surface area contributed by atoms with Gasteiger partial charge in [0, 0.05) is 12.8 Å². The first-order valence-electron chi connectivity index (χ1n) is 6.65. The van der Waals surface area contributed by atoms with E-state index in [0.717, 1.165) is 18.5 Å². The molecule has 1 aromatic heterocycles. The smallest absolute Gasteiger partial charge is 0.201 e. The minimum Gasteiger partial charge on any atom is -0.369 e. The van der Waals surface area contributed by atoms with E-state index in [1.807, 2.05) is 10.6 Å². The highest BCUT2D eigenvalue weighted by molar-refractivity contribution is 7.91. The van der Waals surface area contributed by atoms with E-state index >= 15 is 0 Å². The topological polar surface area (TPSA) is 78.0 Å². The number of imidazole rings is 1. The summed E-state index contributed by atoms with van der Waals surface area (Å²) in [5.74, 6) is 0.961. The maximum Gasteiger partial charge on any atom is 0.201 e. The highest BCUT2D eigenvalue weighted by atomic mass is 32.2. The molecule has 0 radical (unpaired) electrons. The van der Waals surface area contributed by atoms with Crippen molar-refractivity contribution in [2.45, 2.75) is 31.7 Å². The molecule has 1 aliphatic rings. The second-order valence-electron chi connectivity index (χ2n) is 6.37. The third kappa shape index (κ3) is 2.08. The standard InChI is InChI=1S/C14H19N3O2S/c1-14(2)7-9(14)8-17-10-5-4-6-11(20(3,18)19)12(10)16-13(17)15/h4-6,9H,7-8H2,1-3H3,(H2,15,16). The van der Waals surface area contributed by atoms with Gasteiger partial charge in [0.15, 0.2) is 9.84 Å². The van der Waals surface area contributed by atoms with Crippen LogP contribution in [0.4, 0.5) is 5.95 Å². The van der Waals surface area contributed by atoms with Gasteiger partial charge in [0.25, 0.3) is 0 Å². The average Bonchev–Trinajstić information content (AvgIpc) is 2.78. The van der Waals surface area contributed by atoms with Gasteiger partial charge in [-0.25, -0.2) is 13.4 Å². The Labute approximate surface area is 118 Å². The quantitative estimate of drug-likeness (QED) is 0.939. The molecule has 1 atom stereocenters. The Bertz CT molecular complexity index is 790. The maximum absolute atomic E-state index is 11.8. The Kier molecular flexibility index (Phi) is 2.67. The van der Waals surface area contributed by atoms with Gasteiger partial charge in [-0.05, 0) is 29.9 Å². The molecule has 2 aromatic rings. The zero-order valence-corrected chi connectivity index (χ0v) is 12.7. The van der Waals surface area contributed by atoms with Crippen LogP contribution in [0.15, 0.2) is 23.1 Å². The third-order valence-corrected chi connectivity index (χ3v) is 5.42. The highest BCUT2D eigenvalue weighted by Crippen LogP contribution is 2.52. The molecule has 5 nitrogen and oxygen atoms in total. The number of nitrogen functional groups attached to an aromatic ring is 1. The fourth-order valence-corrected chi connectivity index (χ4v) is 3.57. The van der Waals surface area contributed by atoms with Gasteiger partial charge in [0.2, 0.25) is 5.95 Å². The van der Waals surface area contributed by atoms with Gasteiger partial charge in [-0.3, -0.25) is 0 Å². The zero-order valence-electron chi connectivity index (χ0n) is 11.9. The van der Waals surface area contributed by atoms with Crippen molar-refractivity contribution in [3.63, 3.8) is 0 Å². The Hall–Kier alpha value is -1.56. The number of nitrogens with two attached hydrogens (primary N) is 1. The van der Waals surface area contributed by atoms with Crippen LogP contribution in [0.3, 0.4) is 0 Å². The van der Waals surface area contributed by atoms with Crippen LogP contribution < -0.4 is 5.73 Å². The molecule has 0 spiro atoms. The Morgan fingerprint density at radius 2 is 2.10 bits per heavy atom. The summed E-state index contributed by atoms with van der Waals surface area (Å²) < 4.78 is 25.6. The minimum atomic E-state index is -3.30. The minimum absolute atomic E-state index is 0.246. The largest absolute Gasteiger partial charge is 0.369 e. The van der Waals surface area contributed by atoms with E-state index in [1.165, 1.54) is 6.26 Å². The molecular weight excluding hydrogens is 274 g/mol. The molecule has 0 amide bonds. The lowest BCUT2D eigenvalue weighted by molar-refractivity contribution is 0.507. The monoisotopic (exact) mass is 293 g/mol. The van der Waals surface area contributed by atoms with Crippen molar-refractivity contribution >= 4 is 26.8 Å². The van der Waals surface area contributed by atoms with E-state index in [-0.39, 0.29) is 4.90 Å². The summed E-state index contributed by atoms with van der Waals surface area (Å²) in [6.45, 7) is 5.26. The lowest BCUT2D eigenvalue weighted by atomic mass is 10.1. The number of hydrogen-bond acceptors (Lipinski definition) is 4. The maximum atomic E-state index is 11.8. The molecule has 2 N–H and O–H groups in total. The third-order valence-electron chi connectivity index (χ3n) is 4.29. The predicted molar refractivity (Wildman–Crippen MR) is 79.1 cm³/mol. The van der Waals surface area contributed by atoms with Crippen molar-refractivity contribution < 1.29 is 8.42 Å². The molecular formula is C14H19N3O2S. The van der Waals surface area contributed by atoms with E-state index in [0.29, 0.717) is 22.8 Å². The Balaban J connectivity index is 2.13. The van der Waals surface area contributed by atoms with Crippen molar-refractivity contribution in [2.24, 2.45) is 11.3 Å². The van der Waals surface area contributed by atoms with E-state index < -0.39 is 9.84 Å². The van der Waals surface area contributed by atoms with Crippen LogP contribution in [0.2, 0.25) is 0 Å². The lowest BCUT2D eigenvalue weighted by Gasteiger charge is -2.08. The highest BCUT2D eigenvalue weighted by Gasteiger charge is 2.45. The summed E-state index contributed by atoms with van der Waals surface area (Å²) in [5.41, 5.74) is 7.61. The summed E-state index contributed by atoms with van der Waals surface area (Å²) in [6.07, 6.45) is 2.36. The first-order chi connectivity index (χ1) is 9.20. The van der Waals surface area contributed by atoms with Crippen LogP contribution in [0.25, 0.3) is 11.0 Å². The van der Waals surface area contributed by atoms with Gasteiger partial charge in [0.05, 0.1) is 10.4 Å². The molecule has 1 aromatic carbocycles. The summed E-state index contributed by atoms with van der Waals surface area (Å²) in [5, 5.41) is 0. The van der Waals surface area contributed by atoms with E-state index in [9.17, 15) is 8.42 Å². The molecule has 20 heavy (non-hydrogen) atoms. The van der Waals surface area contributed by atoms with Crippen molar-refractivity contribution in [2.75, 3.05) is 12.0 Å². The first kappa shape index (κ1) is 13.4. The number of nitrogens with zero attached hydrogens (tertiary/aromatic N) is 2. The second kappa shape index (κ2) is 3.97. The number of hydrogen-bond donors (Lipinski definition) is 1. The van der Waals surface area contributed by atoms with E-state index in [1.54, 1.807) is 12.1 Å². The molecule has 0 bridgehead atoms. The number of anilines is 1. The molecule has 108 valence electrons. The van der Waals surface area contributed by atoms with Crippen molar-refractivity contribution in [3.8, 4) is 0 Å². The molecule has 3 rings (SSSR count). The molecule has 1 unspecified atom stereocenters. The van der Waals surface area contributed by atoms with Gasteiger partial charge >= 0.3 is 0 Å². The van der Waals surface area contributed by atoms with Gasteiger partial charge < -0.3 is 10.3 Å². The molecule has 1 aliphatic carbocycles. The van der Waals surface area contributed by atoms with E-state index in [4.69, 9.17) is 5.73 Å². The molecule has 1 heterocycles. The van der Waals surface area contributed by atoms with Gasteiger partial charge in [-0.15, -0.1) is 0 Å². The molecule has 0 aliphatic heterocycles. The normalized spacial score (nSPS) is 21.2. The number of rotatable bonds is 3. The summed E-state index contributed by atoms with van der Waals surface area (Å²) in [6, 6.07) is 5.20. The number of benzene rings is 1. The average molecular weight is 293 g/mol. The Morgan fingerprint density at radius 1 is 1.45 bits per heavy atom. The van der Waals surface area contributed by atoms with Crippen molar-refractivity contribution in [1.82, 2.24) is 9.55 Å². The first-order valence-corrected chi connectivity index (χ1v) is 8.54. The number of para-hydroxylation sites is 1. The molecule has 1 fully saturated rings. The van der Waals surface area contributed by atoms with Crippen LogP contribution in [-0.2, 0) is 16.4 Å². The lowest BCUT2D eigenvalue weighted by Crippen LogP contribution is -2.07. The van der Waals surface area contributed by atoms with Crippen molar-refractivity contribution in [3.05, 3.63) is 18.2 Å². The Morgan fingerprint density at radius 3 is 2.65 bits per heavy atom. The number of fused-ring (bicyclic) bond motifs is 1. The summed E-state index contributed by atoms with van der Waals surface area (Å²) in [4.78, 5) is 4.52. The fourth-order valence-electron chi connectivity index (χ4n) is 2.74. The van der Waals surface area contributed by atoms with Crippen LogP contribution in [0, 0.1) is 11.3 Å². The molecule has 1 saturated carbocycles. The van der Waals surface area contributed by atoms with Gasteiger partial charge in [0.1, 0.15) is 5.52 Å². The second-order valence-corrected chi connectivity index (χ2v) is 8.35.